The van der Waals surface area contributed by atoms with Gasteiger partial charge in [0.15, 0.2) is 0 Å². The first-order valence-corrected chi connectivity index (χ1v) is 9.66. The molecule has 32 heavy (non-hydrogen) atoms. The number of aryl methyl sites for hydroxylation is 1. The van der Waals surface area contributed by atoms with Gasteiger partial charge in [0.2, 0.25) is 5.91 Å². The summed E-state index contributed by atoms with van der Waals surface area (Å²) in [5.41, 5.74) is 7.89. The topological polar surface area (TPSA) is 119 Å². The summed E-state index contributed by atoms with van der Waals surface area (Å²) in [5, 5.41) is 9.89. The zero-order valence-corrected chi connectivity index (χ0v) is 17.2. The molecule has 7 nitrogen and oxygen atoms in total. The lowest BCUT2D eigenvalue weighted by molar-refractivity contribution is -0.192. The molecule has 174 valence electrons. The largest absolute Gasteiger partial charge is 0.490 e. The Hall–Kier alpha value is -3.40. The first kappa shape index (κ1) is 26.6. The van der Waals surface area contributed by atoms with Crippen molar-refractivity contribution in [2.75, 3.05) is 6.54 Å². The van der Waals surface area contributed by atoms with E-state index in [2.05, 4.69) is 17.4 Å². The molecule has 4 N–H and O–H groups in total. The lowest BCUT2D eigenvalue weighted by Crippen LogP contribution is -2.42. The van der Waals surface area contributed by atoms with Gasteiger partial charge in [0.05, 0.1) is 12.5 Å². The standard InChI is InChI=1S/C20H24N2O3.C2HF3O2/c21-18(14-19(23)25-15-17-10-5-2-6-11-17)20(24)22-13-7-12-16-8-3-1-4-9-16;3-2(4,5)1(6)7/h1-6,8-11,18H,7,12-15,21H2,(H,22,24);(H,6,7). The van der Waals surface area contributed by atoms with Gasteiger partial charge in [-0.15, -0.1) is 0 Å². The highest BCUT2D eigenvalue weighted by Crippen LogP contribution is 2.13. The quantitative estimate of drug-likeness (QED) is 0.396. The average molecular weight is 454 g/mol. The van der Waals surface area contributed by atoms with E-state index in [4.69, 9.17) is 20.4 Å². The van der Waals surface area contributed by atoms with Gasteiger partial charge in [-0.25, -0.2) is 4.79 Å². The number of rotatable bonds is 9. The maximum atomic E-state index is 11.9. The van der Waals surface area contributed by atoms with Gasteiger partial charge in [0.25, 0.3) is 0 Å². The molecule has 0 spiro atoms. The molecule has 10 heteroatoms. The summed E-state index contributed by atoms with van der Waals surface area (Å²) in [4.78, 5) is 32.6. The molecule has 0 bridgehead atoms. The fourth-order valence-corrected chi connectivity index (χ4v) is 2.35. The number of benzene rings is 2. The first-order valence-electron chi connectivity index (χ1n) is 9.66. The minimum absolute atomic E-state index is 0.128. The van der Waals surface area contributed by atoms with E-state index in [1.54, 1.807) is 0 Å². The zero-order chi connectivity index (χ0) is 24.0. The minimum Gasteiger partial charge on any atom is -0.475 e. The van der Waals surface area contributed by atoms with Crippen LogP contribution in [-0.4, -0.2) is 41.7 Å². The Labute approximate surface area is 183 Å². The van der Waals surface area contributed by atoms with E-state index in [0.29, 0.717) is 6.54 Å². The molecule has 0 aliphatic rings. The highest BCUT2D eigenvalue weighted by Gasteiger charge is 2.38. The SMILES string of the molecule is NC(CC(=O)OCc1ccccc1)C(=O)NCCCc1ccccc1.O=C(O)C(F)(F)F. The van der Waals surface area contributed by atoms with Crippen LogP contribution in [0.25, 0.3) is 0 Å². The predicted molar refractivity (Wildman–Crippen MR) is 110 cm³/mol. The third-order valence-corrected chi connectivity index (χ3v) is 3.99. The molecular weight excluding hydrogens is 429 g/mol. The van der Waals surface area contributed by atoms with Crippen molar-refractivity contribution in [2.24, 2.45) is 5.73 Å². The van der Waals surface area contributed by atoms with Gasteiger partial charge in [-0.3, -0.25) is 9.59 Å². The van der Waals surface area contributed by atoms with Crippen molar-refractivity contribution in [3.63, 3.8) is 0 Å². The number of alkyl halides is 3. The van der Waals surface area contributed by atoms with Gasteiger partial charge >= 0.3 is 18.1 Å². The van der Waals surface area contributed by atoms with E-state index < -0.39 is 24.2 Å². The second kappa shape index (κ2) is 13.8. The van der Waals surface area contributed by atoms with Crippen LogP contribution in [0.15, 0.2) is 60.7 Å². The van der Waals surface area contributed by atoms with Crippen molar-refractivity contribution in [1.82, 2.24) is 5.32 Å². The van der Waals surface area contributed by atoms with Gasteiger partial charge in [-0.05, 0) is 24.0 Å². The van der Waals surface area contributed by atoms with E-state index >= 15 is 0 Å². The molecule has 0 fully saturated rings. The molecular formula is C22H25F3N2O5. The van der Waals surface area contributed by atoms with Crippen LogP contribution in [0.3, 0.4) is 0 Å². The molecule has 2 rings (SSSR count). The minimum atomic E-state index is -5.08. The van der Waals surface area contributed by atoms with Crippen LogP contribution < -0.4 is 11.1 Å². The van der Waals surface area contributed by atoms with Gasteiger partial charge in [0, 0.05) is 6.54 Å². The lowest BCUT2D eigenvalue weighted by atomic mass is 10.1. The van der Waals surface area contributed by atoms with Crippen molar-refractivity contribution in [3.05, 3.63) is 71.8 Å². The number of carbonyl (C=O) groups excluding carboxylic acids is 2. The van der Waals surface area contributed by atoms with Gasteiger partial charge < -0.3 is 20.9 Å². The maximum Gasteiger partial charge on any atom is 0.490 e. The second-order valence-electron chi connectivity index (χ2n) is 6.64. The van der Waals surface area contributed by atoms with Crippen molar-refractivity contribution in [3.8, 4) is 0 Å². The number of esters is 1. The first-order chi connectivity index (χ1) is 15.1. The number of ether oxygens (including phenoxy) is 1. The highest BCUT2D eigenvalue weighted by molar-refractivity contribution is 5.86. The third-order valence-electron chi connectivity index (χ3n) is 3.99. The number of halogens is 3. The van der Waals surface area contributed by atoms with Crippen molar-refractivity contribution in [1.29, 1.82) is 0 Å². The summed E-state index contributed by atoms with van der Waals surface area (Å²) in [5.74, 6) is -3.56. The lowest BCUT2D eigenvalue weighted by Gasteiger charge is -2.12. The molecule has 1 atom stereocenters. The number of nitrogens with two attached hydrogens (primary N) is 1. The van der Waals surface area contributed by atoms with Crippen LogP contribution in [0.2, 0.25) is 0 Å². The molecule has 0 radical (unpaired) electrons. The Bertz CT molecular complexity index is 846. The van der Waals surface area contributed by atoms with Gasteiger partial charge in [-0.2, -0.15) is 13.2 Å². The normalized spacial score (nSPS) is 11.5. The molecule has 2 aromatic rings. The van der Waals surface area contributed by atoms with Crippen LogP contribution in [0.1, 0.15) is 24.0 Å². The number of aliphatic carboxylic acids is 1. The molecule has 0 heterocycles. The zero-order valence-electron chi connectivity index (χ0n) is 17.2. The number of carbonyl (C=O) groups is 3. The Morgan fingerprint density at radius 3 is 1.97 bits per heavy atom. The molecule has 0 saturated carbocycles. The molecule has 0 aromatic heterocycles. The van der Waals surface area contributed by atoms with Crippen LogP contribution in [0, 0.1) is 0 Å². The number of hydrogen-bond acceptors (Lipinski definition) is 5. The van der Waals surface area contributed by atoms with E-state index in [0.717, 1.165) is 18.4 Å². The van der Waals surface area contributed by atoms with Gasteiger partial charge in [0.1, 0.15) is 6.61 Å². The predicted octanol–water partition coefficient (Wildman–Crippen LogP) is 2.83. The summed E-state index contributed by atoms with van der Waals surface area (Å²) >= 11 is 0. The fourth-order valence-electron chi connectivity index (χ4n) is 2.35. The van der Waals surface area contributed by atoms with E-state index in [1.807, 2.05) is 48.5 Å². The van der Waals surface area contributed by atoms with Crippen molar-refractivity contribution >= 4 is 17.8 Å². The molecule has 2 aromatic carbocycles. The van der Waals surface area contributed by atoms with Crippen molar-refractivity contribution < 1.29 is 37.4 Å². The number of amides is 1. The van der Waals surface area contributed by atoms with E-state index in [9.17, 15) is 22.8 Å². The van der Waals surface area contributed by atoms with Crippen LogP contribution >= 0.6 is 0 Å². The Kier molecular flexibility index (Phi) is 11.5. The Balaban J connectivity index is 0.000000633. The summed E-state index contributed by atoms with van der Waals surface area (Å²) < 4.78 is 36.9. The van der Waals surface area contributed by atoms with Gasteiger partial charge in [-0.1, -0.05) is 60.7 Å². The third kappa shape index (κ3) is 11.7. The van der Waals surface area contributed by atoms with Crippen LogP contribution in [-0.2, 0) is 32.1 Å². The van der Waals surface area contributed by atoms with Crippen LogP contribution in [0.4, 0.5) is 13.2 Å². The number of nitrogens with one attached hydrogen (secondary N) is 1. The molecule has 1 unspecified atom stereocenters. The molecule has 0 saturated heterocycles. The maximum absolute atomic E-state index is 11.9. The van der Waals surface area contributed by atoms with E-state index in [1.165, 1.54) is 5.56 Å². The summed E-state index contributed by atoms with van der Waals surface area (Å²) in [6.45, 7) is 0.714. The van der Waals surface area contributed by atoms with E-state index in [-0.39, 0.29) is 18.9 Å². The summed E-state index contributed by atoms with van der Waals surface area (Å²) in [6.07, 6.45) is -3.51. The number of carboxylic acid groups (broad SMARTS) is 1. The number of hydrogen-bond donors (Lipinski definition) is 3. The average Bonchev–Trinajstić information content (AvgIpc) is 2.76. The molecule has 0 aliphatic heterocycles. The molecule has 0 aliphatic carbocycles. The Morgan fingerprint density at radius 2 is 1.47 bits per heavy atom. The second-order valence-corrected chi connectivity index (χ2v) is 6.64. The summed E-state index contributed by atoms with van der Waals surface area (Å²) in [6, 6.07) is 18.5. The van der Waals surface area contributed by atoms with Crippen LogP contribution in [0.5, 0.6) is 0 Å². The monoisotopic (exact) mass is 454 g/mol. The Morgan fingerprint density at radius 1 is 0.969 bits per heavy atom. The smallest absolute Gasteiger partial charge is 0.475 e. The summed E-state index contributed by atoms with van der Waals surface area (Å²) in [7, 11) is 0. The fraction of sp³-hybridized carbons (Fsp3) is 0.318. The number of carboxylic acids is 1. The highest BCUT2D eigenvalue weighted by atomic mass is 19.4. The van der Waals surface area contributed by atoms with Crippen molar-refractivity contribution in [2.45, 2.75) is 38.1 Å². The molecule has 1 amide bonds.